The molecule has 0 saturated heterocycles. The van der Waals surface area contributed by atoms with Gasteiger partial charge in [-0.05, 0) is 92.2 Å². The van der Waals surface area contributed by atoms with Gasteiger partial charge in [-0.2, -0.15) is 0 Å². The molecule has 0 radical (unpaired) electrons. The van der Waals surface area contributed by atoms with Gasteiger partial charge in [0.15, 0.2) is 0 Å². The average Bonchev–Trinajstić information content (AvgIpc) is 3.37. The minimum Gasteiger partial charge on any atom is -0.363 e. The molecule has 0 aromatic heterocycles. The highest BCUT2D eigenvalue weighted by atomic mass is 15.3. The highest BCUT2D eigenvalue weighted by Gasteiger charge is 2.29. The lowest BCUT2D eigenvalue weighted by Gasteiger charge is -2.29. The Hall–Kier alpha value is -5.34. The number of benzene rings is 7. The lowest BCUT2D eigenvalue weighted by molar-refractivity contribution is 0.645. The molecule has 0 fully saturated rings. The molecule has 1 aliphatic heterocycles. The first-order valence-corrected chi connectivity index (χ1v) is 15.0. The molecule has 0 bridgehead atoms. The summed E-state index contributed by atoms with van der Waals surface area (Å²) in [5.74, 6) is 0. The second kappa shape index (κ2) is 10.2. The molecule has 1 heterocycles. The Morgan fingerprint density at radius 3 is 1.63 bits per heavy atom. The Morgan fingerprint density at radius 1 is 0.488 bits per heavy atom. The van der Waals surface area contributed by atoms with Gasteiger partial charge in [-0.25, -0.2) is 0 Å². The lowest BCUT2D eigenvalue weighted by atomic mass is 9.85. The minimum absolute atomic E-state index is 0.0787. The third kappa shape index (κ3) is 4.18. The topological polar surface area (TPSA) is 15.3 Å². The van der Waals surface area contributed by atoms with E-state index >= 15 is 0 Å². The Labute approximate surface area is 252 Å². The SMILES string of the molecule is CC1=C(C)N(c2ccc(-c3c4ccccc4c(-c4ccc5ccccc5c4)c4ccccc34)cc2)C(c2ccccc2)N1. The quantitative estimate of drug-likeness (QED) is 0.219. The molecule has 1 N–H and O–H groups in total. The summed E-state index contributed by atoms with van der Waals surface area (Å²) in [6.45, 7) is 4.36. The van der Waals surface area contributed by atoms with Crippen LogP contribution in [0, 0.1) is 0 Å². The summed E-state index contributed by atoms with van der Waals surface area (Å²) in [7, 11) is 0. The number of allylic oxidation sites excluding steroid dienone is 2. The summed E-state index contributed by atoms with van der Waals surface area (Å²) in [6.07, 6.45) is 0.0787. The molecule has 1 atom stereocenters. The van der Waals surface area contributed by atoms with E-state index in [1.807, 2.05) is 0 Å². The van der Waals surface area contributed by atoms with Gasteiger partial charge in [0, 0.05) is 17.1 Å². The van der Waals surface area contributed by atoms with E-state index in [0.717, 1.165) is 0 Å². The monoisotopic (exact) mass is 552 g/mol. The molecule has 43 heavy (non-hydrogen) atoms. The van der Waals surface area contributed by atoms with Crippen LogP contribution in [0.2, 0.25) is 0 Å². The van der Waals surface area contributed by atoms with E-state index in [1.54, 1.807) is 0 Å². The minimum atomic E-state index is 0.0787. The largest absolute Gasteiger partial charge is 0.363 e. The van der Waals surface area contributed by atoms with Crippen molar-refractivity contribution in [2.45, 2.75) is 20.0 Å². The number of hydrogen-bond acceptors (Lipinski definition) is 2. The predicted molar refractivity (Wildman–Crippen MR) is 183 cm³/mol. The van der Waals surface area contributed by atoms with Crippen LogP contribution in [0.3, 0.4) is 0 Å². The Balaban J connectivity index is 1.30. The molecule has 0 aliphatic carbocycles. The van der Waals surface area contributed by atoms with E-state index in [0.29, 0.717) is 0 Å². The number of nitrogens with one attached hydrogen (secondary N) is 1. The number of rotatable bonds is 4. The maximum Gasteiger partial charge on any atom is 0.130 e. The van der Waals surface area contributed by atoms with Gasteiger partial charge in [0.2, 0.25) is 0 Å². The molecule has 8 rings (SSSR count). The third-order valence-corrected chi connectivity index (χ3v) is 9.03. The van der Waals surface area contributed by atoms with Gasteiger partial charge in [-0.1, -0.05) is 127 Å². The molecular weight excluding hydrogens is 520 g/mol. The predicted octanol–water partition coefficient (Wildman–Crippen LogP) is 10.8. The highest BCUT2D eigenvalue weighted by molar-refractivity contribution is 6.21. The van der Waals surface area contributed by atoms with Crippen molar-refractivity contribution in [3.8, 4) is 22.3 Å². The maximum atomic E-state index is 3.70. The fourth-order valence-electron chi connectivity index (χ4n) is 6.84. The fraction of sp³-hybridized carbons (Fsp3) is 0.0732. The average molecular weight is 553 g/mol. The fourth-order valence-corrected chi connectivity index (χ4v) is 6.84. The van der Waals surface area contributed by atoms with E-state index in [-0.39, 0.29) is 6.17 Å². The van der Waals surface area contributed by atoms with Crippen LogP contribution in [0.4, 0.5) is 5.69 Å². The molecular formula is C41H32N2. The number of fused-ring (bicyclic) bond motifs is 3. The summed E-state index contributed by atoms with van der Waals surface area (Å²) >= 11 is 0. The molecule has 0 spiro atoms. The molecule has 7 aromatic rings. The second-order valence-corrected chi connectivity index (χ2v) is 11.5. The number of nitrogens with zero attached hydrogens (tertiary/aromatic N) is 1. The van der Waals surface area contributed by atoms with E-state index < -0.39 is 0 Å². The van der Waals surface area contributed by atoms with Crippen molar-refractivity contribution in [2.75, 3.05) is 4.90 Å². The van der Waals surface area contributed by atoms with Crippen molar-refractivity contribution in [3.63, 3.8) is 0 Å². The van der Waals surface area contributed by atoms with Crippen LogP contribution in [0.5, 0.6) is 0 Å². The molecule has 1 unspecified atom stereocenters. The van der Waals surface area contributed by atoms with Crippen LogP contribution in [0.15, 0.2) is 157 Å². The molecule has 2 heteroatoms. The molecule has 206 valence electrons. The van der Waals surface area contributed by atoms with Gasteiger partial charge in [0.1, 0.15) is 6.17 Å². The van der Waals surface area contributed by atoms with Gasteiger partial charge in [-0.15, -0.1) is 0 Å². The molecule has 0 saturated carbocycles. The van der Waals surface area contributed by atoms with Crippen molar-refractivity contribution < 1.29 is 0 Å². The van der Waals surface area contributed by atoms with Crippen LogP contribution in [-0.2, 0) is 0 Å². The van der Waals surface area contributed by atoms with Crippen molar-refractivity contribution in [3.05, 3.63) is 163 Å². The van der Waals surface area contributed by atoms with Crippen molar-refractivity contribution in [1.29, 1.82) is 0 Å². The van der Waals surface area contributed by atoms with Gasteiger partial charge < -0.3 is 10.2 Å². The van der Waals surface area contributed by atoms with Crippen molar-refractivity contribution in [2.24, 2.45) is 0 Å². The van der Waals surface area contributed by atoms with Gasteiger partial charge in [-0.3, -0.25) is 0 Å². The molecule has 2 nitrogen and oxygen atoms in total. The Bertz CT molecular complexity index is 2120. The van der Waals surface area contributed by atoms with E-state index in [1.165, 1.54) is 77.2 Å². The van der Waals surface area contributed by atoms with Crippen molar-refractivity contribution >= 4 is 38.0 Å². The number of hydrogen-bond donors (Lipinski definition) is 1. The van der Waals surface area contributed by atoms with Gasteiger partial charge in [0.05, 0.1) is 0 Å². The second-order valence-electron chi connectivity index (χ2n) is 11.5. The Kier molecular flexibility index (Phi) is 6.01. The van der Waals surface area contributed by atoms with Crippen LogP contribution < -0.4 is 10.2 Å². The van der Waals surface area contributed by atoms with Crippen molar-refractivity contribution in [1.82, 2.24) is 5.32 Å². The first-order valence-electron chi connectivity index (χ1n) is 15.0. The summed E-state index contributed by atoms with van der Waals surface area (Å²) in [5.41, 5.74) is 9.94. The van der Waals surface area contributed by atoms with Crippen LogP contribution in [0.25, 0.3) is 54.6 Å². The van der Waals surface area contributed by atoms with Crippen LogP contribution in [-0.4, -0.2) is 0 Å². The lowest BCUT2D eigenvalue weighted by Crippen LogP contribution is -2.28. The first-order chi connectivity index (χ1) is 21.2. The van der Waals surface area contributed by atoms with Crippen LogP contribution >= 0.6 is 0 Å². The Morgan fingerprint density at radius 2 is 1.00 bits per heavy atom. The molecule has 7 aromatic carbocycles. The van der Waals surface area contributed by atoms with Gasteiger partial charge >= 0.3 is 0 Å². The summed E-state index contributed by atoms with van der Waals surface area (Å²) in [4.78, 5) is 2.41. The maximum absolute atomic E-state index is 3.70. The molecule has 0 amide bonds. The zero-order valence-corrected chi connectivity index (χ0v) is 24.4. The standard InChI is InChI=1S/C41H32N2/c1-27-28(2)43(41(42-27)31-13-4-3-5-14-31)34-24-22-30(23-25-34)39-35-16-8-10-18-37(35)40(38-19-11-9-17-36(38)39)33-21-20-29-12-6-7-15-32(29)26-33/h3-26,41-42H,1-2H3. The van der Waals surface area contributed by atoms with E-state index in [4.69, 9.17) is 0 Å². The first kappa shape index (κ1) is 25.4. The zero-order valence-electron chi connectivity index (χ0n) is 24.4. The zero-order chi connectivity index (χ0) is 28.9. The smallest absolute Gasteiger partial charge is 0.130 e. The van der Waals surface area contributed by atoms with Gasteiger partial charge in [0.25, 0.3) is 0 Å². The normalized spacial score (nSPS) is 15.0. The summed E-state index contributed by atoms with van der Waals surface area (Å²) < 4.78 is 0. The summed E-state index contributed by atoms with van der Waals surface area (Å²) in [6, 6.07) is 53.1. The van der Waals surface area contributed by atoms with Crippen LogP contribution in [0.1, 0.15) is 25.6 Å². The van der Waals surface area contributed by atoms with E-state index in [2.05, 4.69) is 170 Å². The highest BCUT2D eigenvalue weighted by Crippen LogP contribution is 2.45. The van der Waals surface area contributed by atoms with E-state index in [9.17, 15) is 0 Å². The molecule has 1 aliphatic rings. The third-order valence-electron chi connectivity index (χ3n) is 9.03. The summed E-state index contributed by atoms with van der Waals surface area (Å²) in [5, 5.41) is 11.3. The number of anilines is 1.